The van der Waals surface area contributed by atoms with E-state index >= 15 is 0 Å². The lowest BCUT2D eigenvalue weighted by atomic mass is 10.0. The fourth-order valence-corrected chi connectivity index (χ4v) is 4.28. The van der Waals surface area contributed by atoms with Crippen LogP contribution in [-0.2, 0) is 12.8 Å². The van der Waals surface area contributed by atoms with E-state index in [1.54, 1.807) is 31.5 Å². The van der Waals surface area contributed by atoms with Gasteiger partial charge in [0.25, 0.3) is 11.1 Å². The Labute approximate surface area is 247 Å². The lowest BCUT2D eigenvalue weighted by Crippen LogP contribution is -2.20. The zero-order valence-electron chi connectivity index (χ0n) is 24.7. The molecule has 0 fully saturated rings. The van der Waals surface area contributed by atoms with E-state index in [2.05, 4.69) is 19.9 Å². The second kappa shape index (κ2) is 13.5. The number of carbonyl (C=O) groups is 2. The van der Waals surface area contributed by atoms with Gasteiger partial charge < -0.3 is 35.1 Å². The first-order chi connectivity index (χ1) is 20.3. The highest BCUT2D eigenvalue weighted by atomic mass is 16.4. The van der Waals surface area contributed by atoms with Crippen LogP contribution in [0.15, 0.2) is 52.3 Å². The molecule has 0 aromatic carbocycles. The maximum Gasteiger partial charge on any atom is 0.345 e. The first-order valence-corrected chi connectivity index (χ1v) is 13.3. The number of nitrogens with zero attached hydrogens (tertiary/aromatic N) is 4. The van der Waals surface area contributed by atoms with Crippen LogP contribution >= 0.6 is 0 Å². The second-order valence-electron chi connectivity index (χ2n) is 9.86. The fraction of sp³-hybridized carbons (Fsp3) is 0.267. The van der Waals surface area contributed by atoms with Crippen molar-refractivity contribution in [1.82, 2.24) is 19.9 Å². The minimum Gasteiger partial charge on any atom is -0.506 e. The van der Waals surface area contributed by atoms with Crippen molar-refractivity contribution in [1.29, 1.82) is 0 Å². The zero-order chi connectivity index (χ0) is 32.0. The number of hydrogen-bond donors (Lipinski definition) is 5. The predicted molar refractivity (Wildman–Crippen MR) is 164 cm³/mol. The highest BCUT2D eigenvalue weighted by Crippen LogP contribution is 2.30. The molecule has 0 saturated heterocycles. The monoisotopic (exact) mass is 590 g/mol. The molecule has 43 heavy (non-hydrogen) atoms. The lowest BCUT2D eigenvalue weighted by Gasteiger charge is -2.14. The number of hydrogen-bond acceptors (Lipinski definition) is 9. The van der Waals surface area contributed by atoms with Crippen LogP contribution in [0.5, 0.6) is 5.75 Å². The van der Waals surface area contributed by atoms with E-state index in [9.17, 15) is 24.3 Å². The van der Waals surface area contributed by atoms with Gasteiger partial charge >= 0.3 is 11.9 Å². The van der Waals surface area contributed by atoms with Gasteiger partial charge in [-0.25, -0.2) is 19.6 Å². The molecular formula is C30H34N6O7. The van der Waals surface area contributed by atoms with Crippen molar-refractivity contribution in [3.8, 4) is 28.3 Å². The summed E-state index contributed by atoms with van der Waals surface area (Å²) in [5.41, 5.74) is 1.17. The molecule has 4 heterocycles. The summed E-state index contributed by atoms with van der Waals surface area (Å²) in [4.78, 5) is 63.3. The Balaban J connectivity index is 0.000000236. The van der Waals surface area contributed by atoms with E-state index in [1.165, 1.54) is 6.07 Å². The van der Waals surface area contributed by atoms with Crippen LogP contribution in [0.3, 0.4) is 0 Å². The molecule has 0 aliphatic heterocycles. The van der Waals surface area contributed by atoms with E-state index in [0.29, 0.717) is 35.4 Å². The van der Waals surface area contributed by atoms with E-state index in [4.69, 9.17) is 10.2 Å². The molecule has 13 nitrogen and oxygen atoms in total. The number of H-pyrrole nitrogens is 2. The summed E-state index contributed by atoms with van der Waals surface area (Å²) < 4.78 is 0. The Kier molecular flexibility index (Phi) is 10.0. The van der Waals surface area contributed by atoms with Crippen molar-refractivity contribution in [2.75, 3.05) is 38.0 Å². The molecule has 0 saturated carbocycles. The number of pyridine rings is 4. The molecule has 5 N–H and O–H groups in total. The maximum absolute atomic E-state index is 11.9. The van der Waals surface area contributed by atoms with Crippen molar-refractivity contribution < 1.29 is 24.9 Å². The standard InChI is InChI=1S/C15H17N3O4.C15H17N3O3/c1-4-9-12(8-5-6-10(16-7-8)18(2)3)17-14(20)11(13(9)19)15(21)22;1-4-9-7-11(15(20)21)14(19)17-13(9)10-5-6-12(16-8-10)18(2)3/h5-7H,4H2,1-3H3,(H,21,22)(H2,17,19,20);5-8H,4H2,1-3H3,(H,17,19)(H,20,21). The van der Waals surface area contributed by atoms with E-state index < -0.39 is 34.4 Å². The molecule has 4 aromatic heterocycles. The third kappa shape index (κ3) is 7.07. The second-order valence-corrected chi connectivity index (χ2v) is 9.86. The average molecular weight is 591 g/mol. The zero-order valence-corrected chi connectivity index (χ0v) is 24.7. The van der Waals surface area contributed by atoms with Crippen LogP contribution in [0, 0.1) is 0 Å². The molecular weight excluding hydrogens is 556 g/mol. The highest BCUT2D eigenvalue weighted by Gasteiger charge is 2.22. The number of aromatic amines is 2. The van der Waals surface area contributed by atoms with Gasteiger partial charge in [0, 0.05) is 57.3 Å². The Hall–Kier alpha value is -5.46. The van der Waals surface area contributed by atoms with Crippen LogP contribution in [0.1, 0.15) is 45.7 Å². The Bertz CT molecular complexity index is 1740. The van der Waals surface area contributed by atoms with Crippen molar-refractivity contribution in [3.05, 3.63) is 85.7 Å². The number of nitrogens with one attached hydrogen (secondary N) is 2. The van der Waals surface area contributed by atoms with Crippen molar-refractivity contribution in [3.63, 3.8) is 0 Å². The SMILES string of the molecule is CCc1c(-c2ccc(N(C)C)nc2)[nH]c(=O)c(C(=O)O)c1O.CCc1cc(C(=O)O)c(=O)[nH]c1-c1ccc(N(C)C)nc1. The normalized spacial score (nSPS) is 10.5. The first kappa shape index (κ1) is 32.1. The molecule has 4 rings (SSSR count). The Morgan fingerprint density at radius 3 is 1.67 bits per heavy atom. The first-order valence-electron chi connectivity index (χ1n) is 13.3. The number of rotatable bonds is 8. The van der Waals surface area contributed by atoms with E-state index in [1.807, 2.05) is 57.0 Å². The Morgan fingerprint density at radius 1 is 0.767 bits per heavy atom. The maximum atomic E-state index is 11.9. The largest absolute Gasteiger partial charge is 0.506 e. The minimum absolute atomic E-state index is 0.242. The van der Waals surface area contributed by atoms with Gasteiger partial charge in [-0.15, -0.1) is 0 Å². The highest BCUT2D eigenvalue weighted by molar-refractivity contribution is 5.92. The van der Waals surface area contributed by atoms with Crippen LogP contribution < -0.4 is 20.9 Å². The molecule has 0 aliphatic rings. The van der Waals surface area contributed by atoms with Gasteiger partial charge in [-0.2, -0.15) is 0 Å². The summed E-state index contributed by atoms with van der Waals surface area (Å²) in [6.45, 7) is 3.68. The van der Waals surface area contributed by atoms with Crippen molar-refractivity contribution >= 4 is 23.6 Å². The quantitative estimate of drug-likeness (QED) is 0.202. The summed E-state index contributed by atoms with van der Waals surface area (Å²) in [7, 11) is 7.50. The van der Waals surface area contributed by atoms with Crippen LogP contribution in [0.2, 0.25) is 0 Å². The van der Waals surface area contributed by atoms with Gasteiger partial charge in [0.2, 0.25) is 0 Å². The molecule has 4 aromatic rings. The molecule has 0 aliphatic carbocycles. The minimum atomic E-state index is -1.46. The number of anilines is 2. The summed E-state index contributed by atoms with van der Waals surface area (Å²) >= 11 is 0. The number of aromatic hydroxyl groups is 1. The number of carboxylic acids is 2. The molecule has 0 unspecified atom stereocenters. The lowest BCUT2D eigenvalue weighted by molar-refractivity contribution is 0.0682. The van der Waals surface area contributed by atoms with Gasteiger partial charge in [-0.05, 0) is 48.7 Å². The molecule has 0 bridgehead atoms. The molecule has 0 radical (unpaired) electrons. The molecule has 0 spiro atoms. The van der Waals surface area contributed by atoms with Gasteiger partial charge in [0.15, 0.2) is 5.56 Å². The summed E-state index contributed by atoms with van der Waals surface area (Å²) in [5, 5.41) is 28.1. The summed E-state index contributed by atoms with van der Waals surface area (Å²) in [6.07, 6.45) is 4.22. The van der Waals surface area contributed by atoms with Gasteiger partial charge in [-0.1, -0.05) is 13.8 Å². The van der Waals surface area contributed by atoms with E-state index in [0.717, 1.165) is 22.8 Å². The van der Waals surface area contributed by atoms with Crippen molar-refractivity contribution in [2.24, 2.45) is 0 Å². The number of aryl methyl sites for hydroxylation is 1. The van der Waals surface area contributed by atoms with Gasteiger partial charge in [-0.3, -0.25) is 9.59 Å². The molecule has 13 heteroatoms. The van der Waals surface area contributed by atoms with Crippen LogP contribution in [0.4, 0.5) is 11.6 Å². The van der Waals surface area contributed by atoms with Gasteiger partial charge in [0.05, 0.1) is 11.4 Å². The van der Waals surface area contributed by atoms with Crippen LogP contribution in [0.25, 0.3) is 22.5 Å². The topological polar surface area (TPSA) is 193 Å². The molecule has 0 amide bonds. The Morgan fingerprint density at radius 2 is 1.28 bits per heavy atom. The number of aromatic carboxylic acids is 2. The van der Waals surface area contributed by atoms with Crippen molar-refractivity contribution in [2.45, 2.75) is 26.7 Å². The average Bonchev–Trinajstić information content (AvgIpc) is 2.96. The summed E-state index contributed by atoms with van der Waals surface area (Å²) in [6, 6.07) is 8.66. The number of carboxylic acid groups (broad SMARTS) is 2. The van der Waals surface area contributed by atoms with Gasteiger partial charge in [0.1, 0.15) is 22.9 Å². The third-order valence-electron chi connectivity index (χ3n) is 6.58. The number of aromatic nitrogens is 4. The molecule has 0 atom stereocenters. The predicted octanol–water partition coefficient (Wildman–Crippen LogP) is 3.23. The summed E-state index contributed by atoms with van der Waals surface area (Å²) in [5.74, 6) is -1.62. The smallest absolute Gasteiger partial charge is 0.345 e. The fourth-order valence-electron chi connectivity index (χ4n) is 4.28. The van der Waals surface area contributed by atoms with E-state index in [-0.39, 0.29) is 5.56 Å². The van der Waals surface area contributed by atoms with Crippen LogP contribution in [-0.4, -0.2) is 75.4 Å². The third-order valence-corrected chi connectivity index (χ3v) is 6.58. The molecule has 226 valence electrons.